The van der Waals surface area contributed by atoms with Gasteiger partial charge in [0.05, 0.1) is 23.7 Å². The van der Waals surface area contributed by atoms with Gasteiger partial charge in [-0.25, -0.2) is 4.98 Å². The van der Waals surface area contributed by atoms with Gasteiger partial charge in [-0.3, -0.25) is 10.1 Å². The van der Waals surface area contributed by atoms with E-state index in [2.05, 4.69) is 4.98 Å². The second kappa shape index (κ2) is 6.36. The molecule has 0 atom stereocenters. The fourth-order valence-corrected chi connectivity index (χ4v) is 1.39. The molecule has 0 aliphatic rings. The van der Waals surface area contributed by atoms with E-state index >= 15 is 0 Å². The van der Waals surface area contributed by atoms with Crippen LogP contribution in [0.2, 0.25) is 5.15 Å². The highest BCUT2D eigenvalue weighted by molar-refractivity contribution is 6.29. The van der Waals surface area contributed by atoms with Crippen molar-refractivity contribution in [2.24, 2.45) is 0 Å². The monoisotopic (exact) mass is 259 g/mol. The third-order valence-electron chi connectivity index (χ3n) is 1.97. The van der Waals surface area contributed by atoms with E-state index in [1.807, 2.05) is 19.0 Å². The molecule has 0 N–H and O–H groups in total. The number of aromatic nitrogens is 1. The third kappa shape index (κ3) is 4.97. The molecule has 0 radical (unpaired) electrons. The summed E-state index contributed by atoms with van der Waals surface area (Å²) in [4.78, 5) is 15.9. The molecule has 1 aromatic rings. The minimum absolute atomic E-state index is 0.0572. The fourth-order valence-electron chi connectivity index (χ4n) is 1.20. The molecule has 0 fully saturated rings. The lowest BCUT2D eigenvalue weighted by atomic mass is 10.4. The first kappa shape index (κ1) is 13.7. The highest BCUT2D eigenvalue weighted by Crippen LogP contribution is 2.21. The van der Waals surface area contributed by atoms with Crippen molar-refractivity contribution in [2.45, 2.75) is 6.42 Å². The summed E-state index contributed by atoms with van der Waals surface area (Å²) in [7, 11) is 3.92. The quantitative estimate of drug-likeness (QED) is 0.338. The Balaban J connectivity index is 2.56. The van der Waals surface area contributed by atoms with E-state index in [0.29, 0.717) is 6.61 Å². The van der Waals surface area contributed by atoms with E-state index < -0.39 is 4.92 Å². The second-order valence-electron chi connectivity index (χ2n) is 3.75. The lowest BCUT2D eigenvalue weighted by Crippen LogP contribution is -2.15. The number of pyridine rings is 1. The molecule has 94 valence electrons. The molecular weight excluding hydrogens is 246 g/mol. The molecule has 6 nitrogen and oxygen atoms in total. The van der Waals surface area contributed by atoms with Crippen molar-refractivity contribution >= 4 is 17.3 Å². The Morgan fingerprint density at radius 2 is 2.24 bits per heavy atom. The van der Waals surface area contributed by atoms with Gasteiger partial charge in [0, 0.05) is 6.54 Å². The largest absolute Gasteiger partial charge is 0.477 e. The Hall–Kier alpha value is -1.40. The van der Waals surface area contributed by atoms with Gasteiger partial charge in [-0.1, -0.05) is 11.6 Å². The van der Waals surface area contributed by atoms with E-state index in [1.165, 1.54) is 12.1 Å². The van der Waals surface area contributed by atoms with E-state index in [1.54, 1.807) is 0 Å². The summed E-state index contributed by atoms with van der Waals surface area (Å²) in [5.41, 5.74) is -0.118. The third-order valence-corrected chi connectivity index (χ3v) is 2.16. The van der Waals surface area contributed by atoms with Crippen LogP contribution in [0.3, 0.4) is 0 Å². The lowest BCUT2D eigenvalue weighted by molar-refractivity contribution is -0.385. The molecule has 0 unspecified atom stereocenters. The van der Waals surface area contributed by atoms with Crippen LogP contribution in [0.1, 0.15) is 6.42 Å². The van der Waals surface area contributed by atoms with Crippen molar-refractivity contribution in [1.29, 1.82) is 0 Å². The van der Waals surface area contributed by atoms with E-state index in [-0.39, 0.29) is 16.7 Å². The van der Waals surface area contributed by atoms with Crippen molar-refractivity contribution in [3.8, 4) is 5.88 Å². The molecular formula is C10H14ClN3O3. The SMILES string of the molecule is CN(C)CCCOc1cc([N+](=O)[O-])cc(Cl)n1. The number of hydrogen-bond donors (Lipinski definition) is 0. The summed E-state index contributed by atoms with van der Waals surface area (Å²) < 4.78 is 5.30. The van der Waals surface area contributed by atoms with E-state index in [0.717, 1.165) is 13.0 Å². The predicted octanol–water partition coefficient (Wildman–Crippen LogP) is 1.97. The summed E-state index contributed by atoms with van der Waals surface area (Å²) in [6.45, 7) is 1.32. The predicted molar refractivity (Wildman–Crippen MR) is 64.6 cm³/mol. The molecule has 0 saturated carbocycles. The smallest absolute Gasteiger partial charge is 0.277 e. The summed E-state index contributed by atoms with van der Waals surface area (Å²) in [5, 5.41) is 10.6. The van der Waals surface area contributed by atoms with Crippen molar-refractivity contribution in [3.63, 3.8) is 0 Å². The standard InChI is InChI=1S/C10H14ClN3O3/c1-13(2)4-3-5-17-10-7-8(14(15)16)6-9(11)12-10/h6-7H,3-5H2,1-2H3. The number of rotatable bonds is 6. The maximum absolute atomic E-state index is 10.6. The molecule has 0 aliphatic carbocycles. The van der Waals surface area contributed by atoms with Crippen LogP contribution >= 0.6 is 11.6 Å². The van der Waals surface area contributed by atoms with Gasteiger partial charge in [-0.2, -0.15) is 0 Å². The first-order chi connectivity index (χ1) is 7.99. The summed E-state index contributed by atoms with van der Waals surface area (Å²) in [6.07, 6.45) is 0.814. The Bertz CT molecular complexity index is 398. The highest BCUT2D eigenvalue weighted by Gasteiger charge is 2.10. The van der Waals surface area contributed by atoms with Crippen LogP contribution in [0.5, 0.6) is 5.88 Å². The molecule has 1 heterocycles. The minimum atomic E-state index is -0.528. The minimum Gasteiger partial charge on any atom is -0.477 e. The molecule has 1 aromatic heterocycles. The van der Waals surface area contributed by atoms with Crippen molar-refractivity contribution in [2.75, 3.05) is 27.2 Å². The van der Waals surface area contributed by atoms with E-state index in [9.17, 15) is 10.1 Å². The lowest BCUT2D eigenvalue weighted by Gasteiger charge is -2.09. The van der Waals surface area contributed by atoms with Gasteiger partial charge in [0.2, 0.25) is 5.88 Å². The Morgan fingerprint density at radius 1 is 1.53 bits per heavy atom. The molecule has 0 spiro atoms. The van der Waals surface area contributed by atoms with Gasteiger partial charge >= 0.3 is 0 Å². The zero-order valence-electron chi connectivity index (χ0n) is 9.72. The average Bonchev–Trinajstić information content (AvgIpc) is 2.23. The Labute approximate surface area is 104 Å². The van der Waals surface area contributed by atoms with Gasteiger partial charge in [-0.15, -0.1) is 0 Å². The normalized spacial score (nSPS) is 10.6. The topological polar surface area (TPSA) is 68.5 Å². The Morgan fingerprint density at radius 3 is 2.82 bits per heavy atom. The van der Waals surface area contributed by atoms with Crippen LogP contribution in [0.4, 0.5) is 5.69 Å². The summed E-state index contributed by atoms with van der Waals surface area (Å²) in [5.74, 6) is 0.183. The molecule has 0 bridgehead atoms. The van der Waals surface area contributed by atoms with Crippen LogP contribution in [0.15, 0.2) is 12.1 Å². The number of ether oxygens (including phenoxy) is 1. The summed E-state index contributed by atoms with van der Waals surface area (Å²) >= 11 is 5.65. The Kier molecular flexibility index (Phi) is 5.11. The summed E-state index contributed by atoms with van der Waals surface area (Å²) in [6, 6.07) is 2.45. The van der Waals surface area contributed by atoms with Gasteiger partial charge in [0.15, 0.2) is 0 Å². The number of hydrogen-bond acceptors (Lipinski definition) is 5. The molecule has 0 aliphatic heterocycles. The molecule has 0 aromatic carbocycles. The highest BCUT2D eigenvalue weighted by atomic mass is 35.5. The fraction of sp³-hybridized carbons (Fsp3) is 0.500. The van der Waals surface area contributed by atoms with Crippen LogP contribution in [0.25, 0.3) is 0 Å². The number of nitrogens with zero attached hydrogens (tertiary/aromatic N) is 3. The zero-order chi connectivity index (χ0) is 12.8. The maximum atomic E-state index is 10.6. The molecule has 0 saturated heterocycles. The number of nitro groups is 1. The van der Waals surface area contributed by atoms with Gasteiger partial charge in [0.1, 0.15) is 5.15 Å². The first-order valence-corrected chi connectivity index (χ1v) is 5.46. The maximum Gasteiger partial charge on any atom is 0.277 e. The number of halogens is 1. The van der Waals surface area contributed by atoms with Crippen molar-refractivity contribution in [3.05, 3.63) is 27.4 Å². The molecule has 1 rings (SSSR count). The van der Waals surface area contributed by atoms with Gasteiger partial charge in [0.25, 0.3) is 5.69 Å². The van der Waals surface area contributed by atoms with Crippen LogP contribution in [0, 0.1) is 10.1 Å². The van der Waals surface area contributed by atoms with Crippen LogP contribution in [-0.2, 0) is 0 Å². The van der Waals surface area contributed by atoms with Crippen LogP contribution in [-0.4, -0.2) is 42.1 Å². The van der Waals surface area contributed by atoms with E-state index in [4.69, 9.17) is 16.3 Å². The molecule has 7 heteroatoms. The van der Waals surface area contributed by atoms with Gasteiger partial charge < -0.3 is 9.64 Å². The zero-order valence-corrected chi connectivity index (χ0v) is 10.5. The average molecular weight is 260 g/mol. The molecule has 17 heavy (non-hydrogen) atoms. The second-order valence-corrected chi connectivity index (χ2v) is 4.14. The van der Waals surface area contributed by atoms with Gasteiger partial charge in [-0.05, 0) is 20.5 Å². The molecule has 0 amide bonds. The first-order valence-electron chi connectivity index (χ1n) is 5.08. The van der Waals surface area contributed by atoms with Crippen molar-refractivity contribution < 1.29 is 9.66 Å². The van der Waals surface area contributed by atoms with Crippen LogP contribution < -0.4 is 4.74 Å². The van der Waals surface area contributed by atoms with Crippen molar-refractivity contribution in [1.82, 2.24) is 9.88 Å².